The minimum absolute atomic E-state index is 0.162. The van der Waals surface area contributed by atoms with Crippen molar-refractivity contribution in [2.45, 2.75) is 31.1 Å². The molecule has 0 bridgehead atoms. The smallest absolute Gasteiger partial charge is 0.411 e. The second kappa shape index (κ2) is 11.7. The van der Waals surface area contributed by atoms with Crippen LogP contribution in [0.25, 0.3) is 0 Å². The largest absolute Gasteiger partial charge is 0.443 e. The average Bonchev–Trinajstić information content (AvgIpc) is 2.79. The molecule has 14 heteroatoms. The van der Waals surface area contributed by atoms with Crippen LogP contribution >= 0.6 is 0 Å². The van der Waals surface area contributed by atoms with Crippen molar-refractivity contribution in [1.82, 2.24) is 0 Å². The van der Waals surface area contributed by atoms with E-state index in [1.807, 2.05) is 0 Å². The van der Waals surface area contributed by atoms with Crippen LogP contribution < -0.4 is 10.6 Å². The van der Waals surface area contributed by atoms with Gasteiger partial charge in [-0.25, -0.2) is 27.2 Å². The van der Waals surface area contributed by atoms with E-state index < -0.39 is 50.1 Å². The van der Waals surface area contributed by atoms with Crippen molar-refractivity contribution in [2.75, 3.05) is 23.8 Å². The van der Waals surface area contributed by atoms with Crippen LogP contribution in [0.2, 0.25) is 0 Å². The molecule has 192 valence electrons. The van der Waals surface area contributed by atoms with Crippen molar-refractivity contribution >= 4 is 23.6 Å². The molecule has 0 aromatic heterocycles. The van der Waals surface area contributed by atoms with Gasteiger partial charge in [0.05, 0.1) is 0 Å². The Hall–Kier alpha value is -3.58. The summed E-state index contributed by atoms with van der Waals surface area (Å²) >= 11 is 0. The van der Waals surface area contributed by atoms with Gasteiger partial charge in [0, 0.05) is 11.4 Å². The van der Waals surface area contributed by atoms with Gasteiger partial charge in [-0.15, -0.1) is 0 Å². The van der Waals surface area contributed by atoms with Gasteiger partial charge in [0.2, 0.25) is 0 Å². The summed E-state index contributed by atoms with van der Waals surface area (Å²) in [5.41, 5.74) is 1.80. The summed E-state index contributed by atoms with van der Waals surface area (Å²) in [6.45, 7) is -3.56. The lowest BCUT2D eigenvalue weighted by atomic mass is 10.0. The van der Waals surface area contributed by atoms with Gasteiger partial charge in [-0.05, 0) is 41.8 Å². The third-order valence-corrected chi connectivity index (χ3v) is 4.24. The molecule has 0 radical (unpaired) electrons. The fraction of sp³-hybridized carbons (Fsp3) is 0.333. The highest BCUT2D eigenvalue weighted by molar-refractivity contribution is 5.85. The van der Waals surface area contributed by atoms with E-state index in [4.69, 9.17) is 0 Å². The molecule has 0 saturated carbocycles. The SMILES string of the molecule is O=C(Nc1ccc(Cc2ccc(NC(=O)OCC(F)(F)C(F)F)cc2)cc1)OCC(F)(F)C(F)F. The number of halogens is 8. The van der Waals surface area contributed by atoms with Crippen molar-refractivity contribution in [3.63, 3.8) is 0 Å². The Labute approximate surface area is 193 Å². The number of alkyl halides is 8. The molecule has 6 nitrogen and oxygen atoms in total. The van der Waals surface area contributed by atoms with Gasteiger partial charge >= 0.3 is 36.9 Å². The summed E-state index contributed by atoms with van der Waals surface area (Å²) in [5.74, 6) is -8.93. The summed E-state index contributed by atoms with van der Waals surface area (Å²) in [5, 5.41) is 4.23. The molecular formula is C21H18F8N2O4. The number of hydrogen-bond donors (Lipinski definition) is 2. The van der Waals surface area contributed by atoms with Crippen molar-refractivity contribution in [2.24, 2.45) is 0 Å². The zero-order valence-corrected chi connectivity index (χ0v) is 17.6. The zero-order chi connectivity index (χ0) is 26.2. The lowest BCUT2D eigenvalue weighted by molar-refractivity contribution is -0.153. The topological polar surface area (TPSA) is 76.7 Å². The number of ether oxygens (including phenoxy) is 2. The molecule has 0 heterocycles. The van der Waals surface area contributed by atoms with Gasteiger partial charge in [0.1, 0.15) is 0 Å². The average molecular weight is 514 g/mol. The summed E-state index contributed by atoms with van der Waals surface area (Å²) < 4.78 is 107. The van der Waals surface area contributed by atoms with E-state index in [0.29, 0.717) is 6.42 Å². The number of carbonyl (C=O) groups is 2. The molecule has 0 atom stereocenters. The van der Waals surface area contributed by atoms with E-state index in [1.165, 1.54) is 24.3 Å². The Kier molecular flexibility index (Phi) is 9.25. The first-order valence-electron chi connectivity index (χ1n) is 9.66. The third kappa shape index (κ3) is 8.94. The summed E-state index contributed by atoms with van der Waals surface area (Å²) in [6.07, 6.45) is -10.2. The normalized spacial score (nSPS) is 11.9. The van der Waals surface area contributed by atoms with E-state index in [-0.39, 0.29) is 11.4 Å². The van der Waals surface area contributed by atoms with Crippen LogP contribution in [0.3, 0.4) is 0 Å². The number of rotatable bonds is 10. The van der Waals surface area contributed by atoms with Crippen LogP contribution in [-0.4, -0.2) is 50.1 Å². The van der Waals surface area contributed by atoms with Gasteiger partial charge in [0.25, 0.3) is 0 Å². The van der Waals surface area contributed by atoms with E-state index >= 15 is 0 Å². The molecule has 0 aliphatic carbocycles. The first-order valence-corrected chi connectivity index (χ1v) is 9.66. The molecule has 2 rings (SSSR count). The lowest BCUT2D eigenvalue weighted by Crippen LogP contribution is -2.34. The highest BCUT2D eigenvalue weighted by atomic mass is 19.3. The van der Waals surface area contributed by atoms with Crippen LogP contribution in [0, 0.1) is 0 Å². The maximum absolute atomic E-state index is 12.8. The molecule has 2 N–H and O–H groups in total. The fourth-order valence-electron chi connectivity index (χ4n) is 2.40. The highest BCUT2D eigenvalue weighted by Crippen LogP contribution is 2.24. The van der Waals surface area contributed by atoms with Gasteiger partial charge < -0.3 is 9.47 Å². The minimum Gasteiger partial charge on any atom is -0.443 e. The molecule has 2 aromatic rings. The van der Waals surface area contributed by atoms with Gasteiger partial charge in [-0.3, -0.25) is 10.6 Å². The quantitative estimate of drug-likeness (QED) is 0.372. The second-order valence-electron chi connectivity index (χ2n) is 7.10. The molecule has 0 saturated heterocycles. The molecule has 2 amide bonds. The lowest BCUT2D eigenvalue weighted by Gasteiger charge is -2.15. The van der Waals surface area contributed by atoms with Crippen LogP contribution in [0.15, 0.2) is 48.5 Å². The number of amides is 2. The zero-order valence-electron chi connectivity index (χ0n) is 17.6. The van der Waals surface area contributed by atoms with Crippen molar-refractivity contribution in [3.8, 4) is 0 Å². The monoisotopic (exact) mass is 514 g/mol. The second-order valence-corrected chi connectivity index (χ2v) is 7.10. The first-order chi connectivity index (χ1) is 16.3. The molecule has 2 aromatic carbocycles. The molecule has 0 fully saturated rings. The van der Waals surface area contributed by atoms with E-state index in [0.717, 1.165) is 11.1 Å². The number of anilines is 2. The van der Waals surface area contributed by atoms with Crippen LogP contribution in [0.5, 0.6) is 0 Å². The van der Waals surface area contributed by atoms with Crippen molar-refractivity contribution < 1.29 is 54.2 Å². The number of carbonyl (C=O) groups excluding carboxylic acids is 2. The molecule has 0 aliphatic heterocycles. The number of benzene rings is 2. The van der Waals surface area contributed by atoms with E-state index in [2.05, 4.69) is 20.1 Å². The fourth-order valence-corrected chi connectivity index (χ4v) is 2.40. The maximum atomic E-state index is 12.8. The van der Waals surface area contributed by atoms with Crippen LogP contribution in [0.1, 0.15) is 11.1 Å². The van der Waals surface area contributed by atoms with Gasteiger partial charge in [-0.2, -0.15) is 17.6 Å². The molecule has 0 unspecified atom stereocenters. The van der Waals surface area contributed by atoms with Crippen molar-refractivity contribution in [1.29, 1.82) is 0 Å². The third-order valence-electron chi connectivity index (χ3n) is 4.24. The number of nitrogens with one attached hydrogen (secondary N) is 2. The standard InChI is InChI=1S/C21H18F8N2O4/c22-16(23)20(26,27)10-34-18(32)30-14-5-1-12(2-6-14)9-13-3-7-15(8-4-13)31-19(33)35-11-21(28,29)17(24)25/h1-8,16-17H,9-11H2,(H,30,32)(H,31,33). The Morgan fingerprint density at radius 3 is 1.26 bits per heavy atom. The molecule has 35 heavy (non-hydrogen) atoms. The predicted molar refractivity (Wildman–Crippen MR) is 108 cm³/mol. The summed E-state index contributed by atoms with van der Waals surface area (Å²) in [4.78, 5) is 22.9. The van der Waals surface area contributed by atoms with E-state index in [1.54, 1.807) is 24.3 Å². The maximum Gasteiger partial charge on any atom is 0.411 e. The summed E-state index contributed by atoms with van der Waals surface area (Å²) in [6, 6.07) is 12.0. The highest BCUT2D eigenvalue weighted by Gasteiger charge is 2.43. The van der Waals surface area contributed by atoms with Gasteiger partial charge in [-0.1, -0.05) is 24.3 Å². The Balaban J connectivity index is 1.83. The Bertz CT molecular complexity index is 906. The molecule has 0 aliphatic rings. The molecule has 0 spiro atoms. The first kappa shape index (κ1) is 27.7. The van der Waals surface area contributed by atoms with Gasteiger partial charge in [0.15, 0.2) is 13.2 Å². The van der Waals surface area contributed by atoms with Crippen LogP contribution in [0.4, 0.5) is 56.1 Å². The van der Waals surface area contributed by atoms with E-state index in [9.17, 15) is 44.7 Å². The minimum atomic E-state index is -4.46. The Morgan fingerprint density at radius 2 is 0.971 bits per heavy atom. The van der Waals surface area contributed by atoms with Crippen molar-refractivity contribution in [3.05, 3.63) is 59.7 Å². The predicted octanol–water partition coefficient (Wildman–Crippen LogP) is 6.18. The Morgan fingerprint density at radius 1 is 0.657 bits per heavy atom. The molecular weight excluding hydrogens is 496 g/mol. The number of hydrogen-bond acceptors (Lipinski definition) is 4. The summed E-state index contributed by atoms with van der Waals surface area (Å²) in [7, 11) is 0. The van der Waals surface area contributed by atoms with Crippen LogP contribution in [-0.2, 0) is 15.9 Å².